The Morgan fingerprint density at radius 3 is 2.50 bits per heavy atom. The van der Waals surface area contributed by atoms with Crippen molar-refractivity contribution in [2.75, 3.05) is 6.61 Å². The van der Waals surface area contributed by atoms with Crippen molar-refractivity contribution < 1.29 is 9.47 Å². The molecule has 6 heteroatoms. The fourth-order valence-corrected chi connectivity index (χ4v) is 3.40. The Morgan fingerprint density at radius 2 is 1.75 bits per heavy atom. The maximum Gasteiger partial charge on any atom is 0.162 e. The zero-order valence-corrected chi connectivity index (χ0v) is 18.0. The standard InChI is InChI=1S/C22H22BrClN2O2/c1-2-27-21-11-18(14-26-13-16-6-8-25-9-7-16)20(23)12-22(21)28-15-17-4-3-5-19(24)10-17/h3-12,26H,2,13-15H2,1H3. The van der Waals surface area contributed by atoms with E-state index in [1.807, 2.05) is 55.5 Å². The first-order valence-electron chi connectivity index (χ1n) is 9.07. The van der Waals surface area contributed by atoms with Crippen LogP contribution in [0.4, 0.5) is 0 Å². The van der Waals surface area contributed by atoms with Gasteiger partial charge in [-0.1, -0.05) is 39.7 Å². The predicted octanol–water partition coefficient (Wildman–Crippen LogP) is 5.77. The summed E-state index contributed by atoms with van der Waals surface area (Å²) < 4.78 is 12.8. The maximum absolute atomic E-state index is 6.05. The summed E-state index contributed by atoms with van der Waals surface area (Å²) in [6, 6.07) is 15.6. The van der Waals surface area contributed by atoms with Crippen molar-refractivity contribution in [3.63, 3.8) is 0 Å². The summed E-state index contributed by atoms with van der Waals surface area (Å²) in [6.07, 6.45) is 3.60. The smallest absolute Gasteiger partial charge is 0.162 e. The first kappa shape index (κ1) is 20.6. The van der Waals surface area contributed by atoms with Gasteiger partial charge in [0.15, 0.2) is 11.5 Å². The highest BCUT2D eigenvalue weighted by Crippen LogP contribution is 2.34. The van der Waals surface area contributed by atoms with E-state index in [0.29, 0.717) is 30.5 Å². The highest BCUT2D eigenvalue weighted by molar-refractivity contribution is 9.10. The number of halogens is 2. The van der Waals surface area contributed by atoms with Crippen LogP contribution >= 0.6 is 27.5 Å². The Labute approximate surface area is 179 Å². The van der Waals surface area contributed by atoms with E-state index in [1.165, 1.54) is 5.56 Å². The molecule has 0 aliphatic rings. The molecule has 146 valence electrons. The number of hydrogen-bond donors (Lipinski definition) is 1. The van der Waals surface area contributed by atoms with E-state index >= 15 is 0 Å². The van der Waals surface area contributed by atoms with Crippen molar-refractivity contribution in [2.24, 2.45) is 0 Å². The summed E-state index contributed by atoms with van der Waals surface area (Å²) in [5.41, 5.74) is 3.31. The molecule has 28 heavy (non-hydrogen) atoms. The van der Waals surface area contributed by atoms with Crippen LogP contribution in [-0.2, 0) is 19.7 Å². The highest BCUT2D eigenvalue weighted by Gasteiger charge is 2.11. The van der Waals surface area contributed by atoms with Gasteiger partial charge in [0.05, 0.1) is 6.61 Å². The molecule has 0 unspecified atom stereocenters. The van der Waals surface area contributed by atoms with Crippen LogP contribution < -0.4 is 14.8 Å². The molecule has 0 aliphatic heterocycles. The highest BCUT2D eigenvalue weighted by atomic mass is 79.9. The van der Waals surface area contributed by atoms with Crippen LogP contribution in [0.15, 0.2) is 65.4 Å². The van der Waals surface area contributed by atoms with Crippen LogP contribution in [0, 0.1) is 0 Å². The van der Waals surface area contributed by atoms with Gasteiger partial charge < -0.3 is 14.8 Å². The molecule has 0 atom stereocenters. The third-order valence-corrected chi connectivity index (χ3v) is 5.06. The molecular formula is C22H22BrClN2O2. The van der Waals surface area contributed by atoms with Crippen molar-refractivity contribution in [2.45, 2.75) is 26.6 Å². The molecule has 1 N–H and O–H groups in total. The van der Waals surface area contributed by atoms with Crippen LogP contribution in [0.1, 0.15) is 23.6 Å². The number of nitrogens with zero attached hydrogens (tertiary/aromatic N) is 1. The van der Waals surface area contributed by atoms with Gasteiger partial charge in [-0.15, -0.1) is 0 Å². The van der Waals surface area contributed by atoms with Gasteiger partial charge in [-0.2, -0.15) is 0 Å². The monoisotopic (exact) mass is 460 g/mol. The molecule has 2 aromatic carbocycles. The second kappa shape index (κ2) is 10.5. The molecule has 3 rings (SSSR count). The molecule has 0 aliphatic carbocycles. The Morgan fingerprint density at radius 1 is 0.964 bits per heavy atom. The van der Waals surface area contributed by atoms with E-state index in [9.17, 15) is 0 Å². The average molecular weight is 462 g/mol. The van der Waals surface area contributed by atoms with Crippen molar-refractivity contribution in [1.82, 2.24) is 10.3 Å². The van der Waals surface area contributed by atoms with E-state index in [0.717, 1.165) is 27.9 Å². The normalized spacial score (nSPS) is 10.7. The van der Waals surface area contributed by atoms with Gasteiger partial charge >= 0.3 is 0 Å². The summed E-state index contributed by atoms with van der Waals surface area (Å²) in [4.78, 5) is 4.04. The minimum atomic E-state index is 0.423. The van der Waals surface area contributed by atoms with Crippen molar-refractivity contribution in [3.8, 4) is 11.5 Å². The molecule has 0 saturated carbocycles. The van der Waals surface area contributed by atoms with Gasteiger partial charge in [-0.05, 0) is 60.0 Å². The second-order valence-corrected chi connectivity index (χ2v) is 7.49. The number of rotatable bonds is 9. The second-order valence-electron chi connectivity index (χ2n) is 6.20. The Bertz CT molecular complexity index is 906. The molecule has 0 bridgehead atoms. The summed E-state index contributed by atoms with van der Waals surface area (Å²) >= 11 is 9.70. The van der Waals surface area contributed by atoms with Crippen molar-refractivity contribution >= 4 is 27.5 Å². The topological polar surface area (TPSA) is 43.4 Å². The maximum atomic E-state index is 6.05. The third-order valence-electron chi connectivity index (χ3n) is 4.09. The molecule has 1 aromatic heterocycles. The first-order chi connectivity index (χ1) is 13.7. The number of benzene rings is 2. The first-order valence-corrected chi connectivity index (χ1v) is 10.2. The lowest BCUT2D eigenvalue weighted by Gasteiger charge is -2.16. The summed E-state index contributed by atoms with van der Waals surface area (Å²) in [7, 11) is 0. The van der Waals surface area contributed by atoms with Crippen LogP contribution in [-0.4, -0.2) is 11.6 Å². The van der Waals surface area contributed by atoms with Crippen LogP contribution in [0.25, 0.3) is 0 Å². The molecule has 1 heterocycles. The van der Waals surface area contributed by atoms with Gasteiger partial charge in [0.25, 0.3) is 0 Å². The fourth-order valence-electron chi connectivity index (χ4n) is 2.72. The van der Waals surface area contributed by atoms with Crippen LogP contribution in [0.3, 0.4) is 0 Å². The van der Waals surface area contributed by atoms with Gasteiger partial charge in [0, 0.05) is 35.0 Å². The van der Waals surface area contributed by atoms with Crippen LogP contribution in [0.5, 0.6) is 11.5 Å². The Kier molecular flexibility index (Phi) is 7.71. The quantitative estimate of drug-likeness (QED) is 0.440. The van der Waals surface area contributed by atoms with E-state index in [2.05, 4.69) is 26.2 Å². The van der Waals surface area contributed by atoms with E-state index in [4.69, 9.17) is 21.1 Å². The number of hydrogen-bond acceptors (Lipinski definition) is 4. The molecule has 3 aromatic rings. The number of nitrogens with one attached hydrogen (secondary N) is 1. The molecule has 4 nitrogen and oxygen atoms in total. The zero-order chi connectivity index (χ0) is 19.8. The SMILES string of the molecule is CCOc1cc(CNCc2ccncc2)c(Br)cc1OCc1cccc(Cl)c1. The lowest BCUT2D eigenvalue weighted by Crippen LogP contribution is -2.13. The zero-order valence-electron chi connectivity index (χ0n) is 15.6. The molecular weight excluding hydrogens is 440 g/mol. The summed E-state index contributed by atoms with van der Waals surface area (Å²) in [5, 5.41) is 4.14. The lowest BCUT2D eigenvalue weighted by atomic mass is 10.2. The van der Waals surface area contributed by atoms with Crippen molar-refractivity contribution in [1.29, 1.82) is 0 Å². The third kappa shape index (κ3) is 5.96. The minimum Gasteiger partial charge on any atom is -0.490 e. The van der Waals surface area contributed by atoms with Crippen LogP contribution in [0.2, 0.25) is 5.02 Å². The molecule has 0 radical (unpaired) electrons. The van der Waals surface area contributed by atoms with Gasteiger partial charge in [0.1, 0.15) is 6.61 Å². The van der Waals surface area contributed by atoms with Crippen molar-refractivity contribution in [3.05, 3.63) is 87.1 Å². The Hall–Kier alpha value is -2.08. The minimum absolute atomic E-state index is 0.423. The summed E-state index contributed by atoms with van der Waals surface area (Å²) in [6.45, 7) is 4.43. The average Bonchev–Trinajstić information content (AvgIpc) is 2.70. The molecule has 0 fully saturated rings. The Balaban J connectivity index is 1.68. The molecule has 0 saturated heterocycles. The van der Waals surface area contributed by atoms with Gasteiger partial charge in [-0.25, -0.2) is 0 Å². The van der Waals surface area contributed by atoms with E-state index < -0.39 is 0 Å². The number of pyridine rings is 1. The van der Waals surface area contributed by atoms with Gasteiger partial charge in [0.2, 0.25) is 0 Å². The largest absolute Gasteiger partial charge is 0.490 e. The van der Waals surface area contributed by atoms with E-state index in [-0.39, 0.29) is 0 Å². The fraction of sp³-hybridized carbons (Fsp3) is 0.227. The lowest BCUT2D eigenvalue weighted by molar-refractivity contribution is 0.269. The van der Waals surface area contributed by atoms with E-state index in [1.54, 1.807) is 12.4 Å². The molecule has 0 spiro atoms. The number of ether oxygens (including phenoxy) is 2. The molecule has 0 amide bonds. The predicted molar refractivity (Wildman–Crippen MR) is 116 cm³/mol. The summed E-state index contributed by atoms with van der Waals surface area (Å²) in [5.74, 6) is 1.43. The number of aromatic nitrogens is 1. The van der Waals surface area contributed by atoms with Gasteiger partial charge in [-0.3, -0.25) is 4.98 Å².